The van der Waals surface area contributed by atoms with Crippen molar-refractivity contribution in [3.63, 3.8) is 0 Å². The predicted molar refractivity (Wildman–Crippen MR) is 136 cm³/mol. The van der Waals surface area contributed by atoms with Gasteiger partial charge in [0, 0.05) is 59.2 Å². The highest BCUT2D eigenvalue weighted by molar-refractivity contribution is 6.20. The lowest BCUT2D eigenvalue weighted by Crippen LogP contribution is -2.44. The van der Waals surface area contributed by atoms with Gasteiger partial charge in [0.05, 0.1) is 5.56 Å². The number of aromatic nitrogens is 1. The Hall–Kier alpha value is -3.48. The first-order valence-electron chi connectivity index (χ1n) is 12.2. The Morgan fingerprint density at radius 3 is 2.51 bits per heavy atom. The van der Waals surface area contributed by atoms with Crippen LogP contribution >= 0.6 is 0 Å². The van der Waals surface area contributed by atoms with Gasteiger partial charge in [0.15, 0.2) is 5.78 Å². The number of nitrogen functional groups attached to an aromatic ring is 1. The van der Waals surface area contributed by atoms with Gasteiger partial charge in [-0.1, -0.05) is 13.8 Å². The number of carbonyl (C=O) groups excluding carboxylic acids is 2. The van der Waals surface area contributed by atoms with E-state index in [1.165, 1.54) is 0 Å². The van der Waals surface area contributed by atoms with Crippen molar-refractivity contribution < 1.29 is 19.1 Å². The molecule has 7 heteroatoms. The zero-order chi connectivity index (χ0) is 25.1. The molecular weight excluding hydrogens is 442 g/mol. The van der Waals surface area contributed by atoms with E-state index in [9.17, 15) is 9.59 Å². The second-order valence-electron chi connectivity index (χ2n) is 11.1. The first kappa shape index (κ1) is 23.3. The quantitative estimate of drug-likeness (QED) is 0.484. The first-order chi connectivity index (χ1) is 16.4. The van der Waals surface area contributed by atoms with E-state index in [4.69, 9.17) is 15.2 Å². The fourth-order valence-electron chi connectivity index (χ4n) is 5.17. The molecule has 0 unspecified atom stereocenters. The molecule has 2 aliphatic rings. The molecule has 1 aromatic heterocycles. The minimum absolute atomic E-state index is 0.000697. The van der Waals surface area contributed by atoms with Gasteiger partial charge in [0.25, 0.3) is 0 Å². The second kappa shape index (κ2) is 8.04. The molecule has 2 heterocycles. The monoisotopic (exact) mass is 475 g/mol. The molecule has 0 spiro atoms. The van der Waals surface area contributed by atoms with Crippen LogP contribution in [0.15, 0.2) is 36.4 Å². The Morgan fingerprint density at radius 1 is 1.11 bits per heavy atom. The fraction of sp³-hybridized carbons (Fsp3) is 0.429. The summed E-state index contributed by atoms with van der Waals surface area (Å²) in [5.74, 6) is 0.743. The smallest absolute Gasteiger partial charge is 0.410 e. The third kappa shape index (κ3) is 4.13. The molecule has 1 saturated heterocycles. The molecule has 184 valence electrons. The van der Waals surface area contributed by atoms with E-state index in [0.717, 1.165) is 40.8 Å². The predicted octanol–water partition coefficient (Wildman–Crippen LogP) is 5.40. The van der Waals surface area contributed by atoms with Crippen molar-refractivity contribution in [3.8, 4) is 5.75 Å². The van der Waals surface area contributed by atoms with Crippen LogP contribution in [0.5, 0.6) is 5.75 Å². The molecule has 0 atom stereocenters. The summed E-state index contributed by atoms with van der Waals surface area (Å²) >= 11 is 0. The van der Waals surface area contributed by atoms with Crippen LogP contribution in [0.25, 0.3) is 10.9 Å². The number of anilines is 1. The van der Waals surface area contributed by atoms with Crippen LogP contribution in [0.2, 0.25) is 0 Å². The zero-order valence-corrected chi connectivity index (χ0v) is 21.0. The van der Waals surface area contributed by atoms with Crippen LogP contribution in [-0.2, 0) is 10.2 Å². The number of hydrogen-bond donors (Lipinski definition) is 2. The number of nitrogens with two attached hydrogens (primary N) is 1. The van der Waals surface area contributed by atoms with Crippen molar-refractivity contribution in [3.05, 3.63) is 58.8 Å². The third-order valence-electron chi connectivity index (χ3n) is 6.98. The van der Waals surface area contributed by atoms with Gasteiger partial charge in [0.2, 0.25) is 0 Å². The average Bonchev–Trinajstić information content (AvgIpc) is 3.17. The highest BCUT2D eigenvalue weighted by Gasteiger charge is 2.40. The number of nitrogens with one attached hydrogen (secondary N) is 1. The Bertz CT molecular complexity index is 1320. The summed E-state index contributed by atoms with van der Waals surface area (Å²) in [7, 11) is 0. The summed E-state index contributed by atoms with van der Waals surface area (Å²) in [4.78, 5) is 31.1. The molecule has 5 rings (SSSR count). The van der Waals surface area contributed by atoms with Gasteiger partial charge in [-0.25, -0.2) is 4.79 Å². The van der Waals surface area contributed by atoms with E-state index in [1.54, 1.807) is 4.90 Å². The largest absolute Gasteiger partial charge is 0.490 e. The lowest BCUT2D eigenvalue weighted by molar-refractivity contribution is 0.0126. The summed E-state index contributed by atoms with van der Waals surface area (Å²) < 4.78 is 11.8. The molecular formula is C28H33N3O4. The number of rotatable bonds is 2. The molecule has 1 aliphatic heterocycles. The Kier molecular flexibility index (Phi) is 5.34. The van der Waals surface area contributed by atoms with Crippen LogP contribution in [0.3, 0.4) is 0 Å². The van der Waals surface area contributed by atoms with E-state index in [2.05, 4.69) is 18.8 Å². The number of ketones is 1. The maximum Gasteiger partial charge on any atom is 0.410 e. The van der Waals surface area contributed by atoms with Crippen LogP contribution in [0.1, 0.15) is 74.6 Å². The lowest BCUT2D eigenvalue weighted by atomic mass is 9.71. The van der Waals surface area contributed by atoms with Crippen LogP contribution in [0, 0.1) is 0 Å². The van der Waals surface area contributed by atoms with E-state index in [-0.39, 0.29) is 18.0 Å². The summed E-state index contributed by atoms with van der Waals surface area (Å²) in [5, 5.41) is 0.862. The summed E-state index contributed by atoms with van der Waals surface area (Å²) in [6.07, 6.45) is 1.18. The SMILES string of the molecule is CC(C)(C)OC(=O)N1CCC(Oc2ccc3c(c2)C(C)(C)c2[nH]c4ccc(N)cc4c2C3=O)CC1. The zero-order valence-electron chi connectivity index (χ0n) is 21.0. The van der Waals surface area contributed by atoms with Crippen molar-refractivity contribution in [2.24, 2.45) is 0 Å². The van der Waals surface area contributed by atoms with Crippen molar-refractivity contribution in [1.29, 1.82) is 0 Å². The number of benzene rings is 2. The maximum atomic E-state index is 13.5. The lowest BCUT2D eigenvalue weighted by Gasteiger charge is -2.34. The van der Waals surface area contributed by atoms with Gasteiger partial charge in [-0.05, 0) is 62.7 Å². The molecule has 0 radical (unpaired) electrons. The molecule has 0 saturated carbocycles. The topological polar surface area (TPSA) is 97.7 Å². The van der Waals surface area contributed by atoms with Gasteiger partial charge in [-0.3, -0.25) is 4.79 Å². The van der Waals surface area contributed by atoms with Crippen molar-refractivity contribution in [2.75, 3.05) is 18.8 Å². The number of carbonyl (C=O) groups is 2. The number of fused-ring (bicyclic) bond motifs is 4. The highest BCUT2D eigenvalue weighted by atomic mass is 16.6. The van der Waals surface area contributed by atoms with E-state index in [1.807, 2.05) is 57.2 Å². The molecule has 3 aromatic rings. The molecule has 1 fully saturated rings. The van der Waals surface area contributed by atoms with Gasteiger partial charge in [0.1, 0.15) is 17.5 Å². The van der Waals surface area contributed by atoms with Crippen LogP contribution in [-0.4, -0.2) is 46.6 Å². The number of H-pyrrole nitrogens is 1. The Balaban J connectivity index is 1.36. The van der Waals surface area contributed by atoms with Gasteiger partial charge in [-0.2, -0.15) is 0 Å². The molecule has 35 heavy (non-hydrogen) atoms. The van der Waals surface area contributed by atoms with Gasteiger partial charge in [-0.15, -0.1) is 0 Å². The number of amides is 1. The first-order valence-corrected chi connectivity index (χ1v) is 12.2. The number of piperidine rings is 1. The standard InChI is InChI=1S/C28H33N3O4/c1-27(2,3)35-26(33)31-12-10-17(11-13-31)34-18-7-8-19-21(15-18)28(4,5)25-23(24(19)32)20-14-16(29)6-9-22(20)30-25/h6-9,14-15,17,30H,10-13,29H2,1-5H3. The average molecular weight is 476 g/mol. The maximum absolute atomic E-state index is 13.5. The molecule has 7 nitrogen and oxygen atoms in total. The fourth-order valence-corrected chi connectivity index (χ4v) is 5.17. The highest BCUT2D eigenvalue weighted by Crippen LogP contribution is 2.45. The Labute approximate surface area is 205 Å². The third-order valence-corrected chi connectivity index (χ3v) is 6.98. The normalized spacial score (nSPS) is 17.7. The van der Waals surface area contributed by atoms with E-state index < -0.39 is 11.0 Å². The van der Waals surface area contributed by atoms with Crippen LogP contribution < -0.4 is 10.5 Å². The number of aromatic amines is 1. The number of hydrogen-bond acceptors (Lipinski definition) is 5. The number of nitrogens with zero attached hydrogens (tertiary/aromatic N) is 1. The van der Waals surface area contributed by atoms with E-state index in [0.29, 0.717) is 29.9 Å². The summed E-state index contributed by atoms with van der Waals surface area (Å²) in [5.41, 5.74) is 9.88. The molecule has 0 bridgehead atoms. The van der Waals surface area contributed by atoms with Gasteiger partial charge < -0.3 is 25.1 Å². The van der Waals surface area contributed by atoms with Crippen molar-refractivity contribution >= 4 is 28.5 Å². The second-order valence-corrected chi connectivity index (χ2v) is 11.1. The van der Waals surface area contributed by atoms with E-state index >= 15 is 0 Å². The molecule has 2 aromatic carbocycles. The summed E-state index contributed by atoms with van der Waals surface area (Å²) in [6.45, 7) is 11.1. The van der Waals surface area contributed by atoms with Gasteiger partial charge >= 0.3 is 6.09 Å². The van der Waals surface area contributed by atoms with Crippen molar-refractivity contribution in [1.82, 2.24) is 9.88 Å². The molecule has 1 aliphatic carbocycles. The Morgan fingerprint density at radius 2 is 1.83 bits per heavy atom. The minimum Gasteiger partial charge on any atom is -0.490 e. The summed E-state index contributed by atoms with van der Waals surface area (Å²) in [6, 6.07) is 11.4. The number of likely N-dealkylation sites (tertiary alicyclic amines) is 1. The van der Waals surface area contributed by atoms with Crippen LogP contribution in [0.4, 0.5) is 10.5 Å². The minimum atomic E-state index is -0.505. The number of ether oxygens (including phenoxy) is 2. The molecule has 1 amide bonds. The molecule has 3 N–H and O–H groups in total. The van der Waals surface area contributed by atoms with Crippen molar-refractivity contribution in [2.45, 2.75) is 64.6 Å².